The maximum absolute atomic E-state index is 14.0. The number of para-hydroxylation sites is 2. The van der Waals surface area contributed by atoms with Crippen LogP contribution >= 0.6 is 0 Å². The van der Waals surface area contributed by atoms with E-state index in [9.17, 15) is 13.6 Å². The van der Waals surface area contributed by atoms with Gasteiger partial charge in [0.25, 0.3) is 5.91 Å². The summed E-state index contributed by atoms with van der Waals surface area (Å²) in [7, 11) is 0. The van der Waals surface area contributed by atoms with Crippen molar-refractivity contribution < 1.29 is 13.6 Å². The molecule has 1 fully saturated rings. The fraction of sp³-hybridized carbons (Fsp3) is 0.156. The second kappa shape index (κ2) is 10.7. The molecule has 0 aliphatic carbocycles. The highest BCUT2D eigenvalue weighted by atomic mass is 19.1. The zero-order valence-electron chi connectivity index (χ0n) is 21.1. The van der Waals surface area contributed by atoms with Crippen LogP contribution in [0.15, 0.2) is 97.1 Å². The van der Waals surface area contributed by atoms with Crippen molar-refractivity contribution in [2.45, 2.75) is 19.0 Å². The highest BCUT2D eigenvalue weighted by Gasteiger charge is 2.25. The number of nitrogens with one attached hydrogen (secondary N) is 1. The van der Waals surface area contributed by atoms with Crippen molar-refractivity contribution in [1.29, 1.82) is 0 Å². The Hall–Kier alpha value is -4.49. The van der Waals surface area contributed by atoms with Crippen LogP contribution in [0.4, 0.5) is 8.78 Å². The molecule has 39 heavy (non-hydrogen) atoms. The Morgan fingerprint density at radius 3 is 2.15 bits per heavy atom. The van der Waals surface area contributed by atoms with Gasteiger partial charge < -0.3 is 5.32 Å². The first-order valence-electron chi connectivity index (χ1n) is 12.9. The van der Waals surface area contributed by atoms with Crippen LogP contribution in [0.5, 0.6) is 0 Å². The molecule has 6 rings (SSSR count). The van der Waals surface area contributed by atoms with Gasteiger partial charge in [-0.25, -0.2) is 18.7 Å². The van der Waals surface area contributed by atoms with Crippen molar-refractivity contribution in [1.82, 2.24) is 20.2 Å². The van der Waals surface area contributed by atoms with Gasteiger partial charge in [0.1, 0.15) is 11.6 Å². The van der Waals surface area contributed by atoms with E-state index in [4.69, 9.17) is 9.97 Å². The van der Waals surface area contributed by atoms with Gasteiger partial charge in [0.2, 0.25) is 0 Å². The van der Waals surface area contributed by atoms with Crippen LogP contribution in [0.1, 0.15) is 22.3 Å². The number of halogens is 2. The topological polar surface area (TPSA) is 58.1 Å². The molecule has 7 heteroatoms. The van der Waals surface area contributed by atoms with E-state index in [2.05, 4.69) is 34.5 Å². The minimum Gasteiger partial charge on any atom is -0.348 e. The van der Waals surface area contributed by atoms with Crippen LogP contribution in [0.25, 0.3) is 33.5 Å². The predicted molar refractivity (Wildman–Crippen MR) is 148 cm³/mol. The van der Waals surface area contributed by atoms with Gasteiger partial charge in [-0.1, -0.05) is 66.7 Å². The fourth-order valence-electron chi connectivity index (χ4n) is 5.05. The maximum Gasteiger partial charge on any atom is 0.254 e. The van der Waals surface area contributed by atoms with E-state index in [0.29, 0.717) is 6.54 Å². The minimum absolute atomic E-state index is 0.124. The van der Waals surface area contributed by atoms with Crippen molar-refractivity contribution in [3.05, 3.63) is 120 Å². The van der Waals surface area contributed by atoms with Gasteiger partial charge in [0.05, 0.1) is 28.0 Å². The van der Waals surface area contributed by atoms with E-state index in [0.717, 1.165) is 76.8 Å². The van der Waals surface area contributed by atoms with Gasteiger partial charge in [0.15, 0.2) is 0 Å². The monoisotopic (exact) mass is 520 g/mol. The first-order chi connectivity index (χ1) is 19.0. The number of fused-ring (bicyclic) bond motifs is 1. The molecule has 0 radical (unpaired) electrons. The Labute approximate surface area is 225 Å². The van der Waals surface area contributed by atoms with E-state index in [-0.39, 0.29) is 11.6 Å². The Balaban J connectivity index is 1.16. The molecule has 0 saturated carbocycles. The number of hydrogen-bond donors (Lipinski definition) is 1. The van der Waals surface area contributed by atoms with E-state index < -0.39 is 17.5 Å². The van der Waals surface area contributed by atoms with Gasteiger partial charge >= 0.3 is 0 Å². The molecule has 0 spiro atoms. The van der Waals surface area contributed by atoms with Gasteiger partial charge in [-0.2, -0.15) is 0 Å². The van der Waals surface area contributed by atoms with E-state index in [1.807, 2.05) is 54.6 Å². The molecule has 194 valence electrons. The van der Waals surface area contributed by atoms with Crippen molar-refractivity contribution in [3.8, 4) is 22.5 Å². The van der Waals surface area contributed by atoms with Gasteiger partial charge in [0, 0.05) is 36.8 Å². The summed E-state index contributed by atoms with van der Waals surface area (Å²) in [6.45, 7) is 2.15. The number of aromatic nitrogens is 2. The van der Waals surface area contributed by atoms with Gasteiger partial charge in [-0.05, 0) is 42.3 Å². The van der Waals surface area contributed by atoms with Crippen molar-refractivity contribution >= 4 is 16.9 Å². The number of likely N-dealkylation sites (tertiary alicyclic amines) is 1. The molecule has 1 aromatic heterocycles. The van der Waals surface area contributed by atoms with Crippen LogP contribution in [0.3, 0.4) is 0 Å². The number of benzene rings is 4. The number of carbonyl (C=O) groups is 1. The summed E-state index contributed by atoms with van der Waals surface area (Å²) in [6, 6.07) is 29.1. The van der Waals surface area contributed by atoms with Crippen LogP contribution in [0.2, 0.25) is 0 Å². The number of rotatable bonds is 6. The lowest BCUT2D eigenvalue weighted by Gasteiger charge is -2.17. The normalized spacial score (nSPS) is 15.5. The predicted octanol–water partition coefficient (Wildman–Crippen LogP) is 6.25. The third kappa shape index (κ3) is 5.40. The lowest BCUT2D eigenvalue weighted by atomic mass is 10.0. The highest BCUT2D eigenvalue weighted by Crippen LogP contribution is 2.31. The first kappa shape index (κ1) is 24.8. The molecular weight excluding hydrogens is 494 g/mol. The zero-order valence-corrected chi connectivity index (χ0v) is 21.1. The molecule has 1 unspecified atom stereocenters. The third-order valence-electron chi connectivity index (χ3n) is 7.03. The van der Waals surface area contributed by atoms with Crippen molar-refractivity contribution in [3.63, 3.8) is 0 Å². The van der Waals surface area contributed by atoms with E-state index in [1.54, 1.807) is 0 Å². The molecule has 1 N–H and O–H groups in total. The van der Waals surface area contributed by atoms with Crippen molar-refractivity contribution in [2.75, 3.05) is 13.1 Å². The van der Waals surface area contributed by atoms with Crippen LogP contribution < -0.4 is 5.32 Å². The first-order valence-corrected chi connectivity index (χ1v) is 12.9. The molecule has 4 aromatic carbocycles. The molecule has 1 atom stereocenters. The molecule has 1 saturated heterocycles. The van der Waals surface area contributed by atoms with Crippen molar-refractivity contribution in [2.24, 2.45) is 0 Å². The average molecular weight is 521 g/mol. The standard InChI is InChI=1S/C32H26F2N4O/c33-24-14-15-27(34)26(18-24)32(39)35-25-16-17-38(20-25)19-21-10-12-23(13-11-21)31-30(22-6-2-1-3-7-22)36-28-8-4-5-9-29(28)37-31/h1-15,18,25H,16-17,19-20H2,(H,35,39). The maximum atomic E-state index is 14.0. The summed E-state index contributed by atoms with van der Waals surface area (Å²) in [5.74, 6) is -1.95. The summed E-state index contributed by atoms with van der Waals surface area (Å²) >= 11 is 0. The summed E-state index contributed by atoms with van der Waals surface area (Å²) in [5, 5.41) is 2.84. The van der Waals surface area contributed by atoms with Crippen LogP contribution in [0, 0.1) is 11.6 Å². The lowest BCUT2D eigenvalue weighted by Crippen LogP contribution is -2.37. The average Bonchev–Trinajstić information content (AvgIpc) is 3.40. The van der Waals surface area contributed by atoms with Gasteiger partial charge in [-0.15, -0.1) is 0 Å². The van der Waals surface area contributed by atoms with Crippen LogP contribution in [-0.4, -0.2) is 39.9 Å². The molecule has 1 aliphatic heterocycles. The summed E-state index contributed by atoms with van der Waals surface area (Å²) in [6.07, 6.45) is 0.744. The number of hydrogen-bond acceptors (Lipinski definition) is 4. The molecule has 1 amide bonds. The molecule has 0 bridgehead atoms. The SMILES string of the molecule is O=C(NC1CCN(Cc2ccc(-c3nc4ccccc4nc3-c3ccccc3)cc2)C1)c1cc(F)ccc1F. The second-order valence-corrected chi connectivity index (χ2v) is 9.79. The Morgan fingerprint density at radius 1 is 0.821 bits per heavy atom. The quantitative estimate of drug-likeness (QED) is 0.288. The second-order valence-electron chi connectivity index (χ2n) is 9.79. The number of carbonyl (C=O) groups excluding carboxylic acids is 1. The summed E-state index contributed by atoms with van der Waals surface area (Å²) < 4.78 is 27.4. The Morgan fingerprint density at radius 2 is 1.46 bits per heavy atom. The molecule has 5 aromatic rings. The minimum atomic E-state index is -0.727. The lowest BCUT2D eigenvalue weighted by molar-refractivity contribution is 0.0933. The van der Waals surface area contributed by atoms with E-state index >= 15 is 0 Å². The fourth-order valence-corrected chi connectivity index (χ4v) is 5.05. The smallest absolute Gasteiger partial charge is 0.254 e. The summed E-state index contributed by atoms with van der Waals surface area (Å²) in [4.78, 5) is 24.6. The van der Waals surface area contributed by atoms with Gasteiger partial charge in [-0.3, -0.25) is 9.69 Å². The number of nitrogens with zero attached hydrogens (tertiary/aromatic N) is 3. The zero-order chi connectivity index (χ0) is 26.8. The van der Waals surface area contributed by atoms with E-state index in [1.165, 1.54) is 0 Å². The molecule has 2 heterocycles. The molecule has 5 nitrogen and oxygen atoms in total. The number of amides is 1. The summed E-state index contributed by atoms with van der Waals surface area (Å²) in [5.41, 5.74) is 6.24. The Kier molecular flexibility index (Phi) is 6.82. The molecular formula is C32H26F2N4O. The van der Waals surface area contributed by atoms with Crippen LogP contribution in [-0.2, 0) is 6.54 Å². The largest absolute Gasteiger partial charge is 0.348 e. The molecule has 1 aliphatic rings. The third-order valence-corrected chi connectivity index (χ3v) is 7.03. The Bertz CT molecular complexity index is 1640. The highest BCUT2D eigenvalue weighted by molar-refractivity contribution is 5.94.